The number of nitrogens with zero attached hydrogens (tertiary/aromatic N) is 3. The fraction of sp³-hybridized carbons (Fsp3) is 0.300. The summed E-state index contributed by atoms with van der Waals surface area (Å²) < 4.78 is 10.5. The number of nitro benzene ring substituents is 2. The lowest BCUT2D eigenvalue weighted by atomic mass is 10.2. The zero-order valence-corrected chi connectivity index (χ0v) is 16.3. The summed E-state index contributed by atoms with van der Waals surface area (Å²) in [6.07, 6.45) is 0.378. The molecule has 1 aliphatic rings. The van der Waals surface area contributed by atoms with Crippen LogP contribution in [0.25, 0.3) is 0 Å². The minimum Gasteiger partial charge on any atom is -0.459 e. The van der Waals surface area contributed by atoms with Crippen molar-refractivity contribution in [2.45, 2.75) is 32.1 Å². The van der Waals surface area contributed by atoms with E-state index < -0.39 is 28.0 Å². The maximum atomic E-state index is 12.4. The van der Waals surface area contributed by atoms with E-state index >= 15 is 0 Å². The Morgan fingerprint density at radius 1 is 0.871 bits per heavy atom. The number of benzene rings is 2. The number of nitro groups is 2. The van der Waals surface area contributed by atoms with Crippen molar-refractivity contribution in [1.29, 1.82) is 0 Å². The molecule has 11 nitrogen and oxygen atoms in total. The molecule has 3 rings (SSSR count). The van der Waals surface area contributed by atoms with Crippen LogP contribution in [0.4, 0.5) is 16.2 Å². The summed E-state index contributed by atoms with van der Waals surface area (Å²) in [5, 5.41) is 21.4. The SMILES string of the molecule is O=C(OCc1ccc([N+](=O)[O-])cc1)C1CCCN1C(=O)OCc1ccc([N+](=O)[O-])cc1. The van der Waals surface area contributed by atoms with Gasteiger partial charge in [0.05, 0.1) is 9.85 Å². The standard InChI is InChI=1S/C20H19N3O8/c24-19(30-12-14-3-7-16(8-4-14)22(26)27)18-2-1-11-21(18)20(25)31-13-15-5-9-17(10-6-15)23(28)29/h3-10,18H,1-2,11-13H2. The molecule has 0 aliphatic carbocycles. The molecule has 0 saturated carbocycles. The van der Waals surface area contributed by atoms with E-state index in [-0.39, 0.29) is 24.6 Å². The Morgan fingerprint density at radius 2 is 1.35 bits per heavy atom. The van der Waals surface area contributed by atoms with Crippen LogP contribution < -0.4 is 0 Å². The predicted octanol–water partition coefficient (Wildman–Crippen LogP) is 3.35. The molecule has 162 valence electrons. The Hall–Kier alpha value is -4.02. The van der Waals surface area contributed by atoms with Gasteiger partial charge in [0.2, 0.25) is 0 Å². The third-order valence-electron chi connectivity index (χ3n) is 4.80. The average molecular weight is 429 g/mol. The molecule has 0 aromatic heterocycles. The van der Waals surface area contributed by atoms with Crippen molar-refractivity contribution < 1.29 is 28.9 Å². The summed E-state index contributed by atoms with van der Waals surface area (Å²) in [4.78, 5) is 46.5. The van der Waals surface area contributed by atoms with Gasteiger partial charge in [0, 0.05) is 30.8 Å². The van der Waals surface area contributed by atoms with Gasteiger partial charge in [-0.1, -0.05) is 0 Å². The van der Waals surface area contributed by atoms with E-state index in [2.05, 4.69) is 0 Å². The summed E-state index contributed by atoms with van der Waals surface area (Å²) in [7, 11) is 0. The third kappa shape index (κ3) is 5.53. The second kappa shape index (κ2) is 9.65. The zero-order valence-electron chi connectivity index (χ0n) is 16.3. The van der Waals surface area contributed by atoms with Crippen LogP contribution >= 0.6 is 0 Å². The Balaban J connectivity index is 1.51. The minimum atomic E-state index is -0.776. The number of likely N-dealkylation sites (tertiary alicyclic amines) is 1. The van der Waals surface area contributed by atoms with Crippen molar-refractivity contribution >= 4 is 23.4 Å². The van der Waals surface area contributed by atoms with Gasteiger partial charge in [-0.15, -0.1) is 0 Å². The van der Waals surface area contributed by atoms with Crippen molar-refractivity contribution in [2.24, 2.45) is 0 Å². The van der Waals surface area contributed by atoms with Crippen molar-refractivity contribution in [1.82, 2.24) is 4.90 Å². The van der Waals surface area contributed by atoms with E-state index in [0.717, 1.165) is 0 Å². The van der Waals surface area contributed by atoms with Gasteiger partial charge in [0.1, 0.15) is 19.3 Å². The Kier molecular flexibility index (Phi) is 6.75. The second-order valence-corrected chi connectivity index (χ2v) is 6.86. The van der Waals surface area contributed by atoms with Gasteiger partial charge in [-0.3, -0.25) is 25.1 Å². The highest BCUT2D eigenvalue weighted by Gasteiger charge is 2.36. The Morgan fingerprint density at radius 3 is 1.84 bits per heavy atom. The van der Waals surface area contributed by atoms with Crippen LogP contribution in [0, 0.1) is 20.2 Å². The number of ether oxygens (including phenoxy) is 2. The molecule has 1 heterocycles. The Labute approximate surface area is 176 Å². The summed E-state index contributed by atoms with van der Waals surface area (Å²) in [6, 6.07) is 10.5. The van der Waals surface area contributed by atoms with E-state index in [1.807, 2.05) is 0 Å². The molecule has 0 radical (unpaired) electrons. The molecule has 1 aliphatic heterocycles. The summed E-state index contributed by atoms with van der Waals surface area (Å²) >= 11 is 0. The first-order chi connectivity index (χ1) is 14.8. The quantitative estimate of drug-likeness (QED) is 0.370. The highest BCUT2D eigenvalue weighted by molar-refractivity contribution is 5.82. The van der Waals surface area contributed by atoms with Gasteiger partial charge in [-0.05, 0) is 48.2 Å². The topological polar surface area (TPSA) is 142 Å². The van der Waals surface area contributed by atoms with Gasteiger partial charge in [0.25, 0.3) is 11.4 Å². The van der Waals surface area contributed by atoms with Gasteiger partial charge in [-0.2, -0.15) is 0 Å². The fourth-order valence-corrected chi connectivity index (χ4v) is 3.14. The normalized spacial score (nSPS) is 15.4. The monoisotopic (exact) mass is 429 g/mol. The Bertz CT molecular complexity index is 895. The third-order valence-corrected chi connectivity index (χ3v) is 4.80. The first-order valence-electron chi connectivity index (χ1n) is 9.42. The van der Waals surface area contributed by atoms with E-state index in [0.29, 0.717) is 30.5 Å². The van der Waals surface area contributed by atoms with Crippen molar-refractivity contribution in [3.05, 3.63) is 79.9 Å². The molecule has 11 heteroatoms. The summed E-state index contributed by atoms with van der Waals surface area (Å²) in [5.74, 6) is -0.580. The molecular weight excluding hydrogens is 410 g/mol. The zero-order chi connectivity index (χ0) is 22.4. The van der Waals surface area contributed by atoms with Gasteiger partial charge >= 0.3 is 12.1 Å². The van der Waals surface area contributed by atoms with Crippen LogP contribution in [0.2, 0.25) is 0 Å². The predicted molar refractivity (Wildman–Crippen MR) is 106 cm³/mol. The first-order valence-corrected chi connectivity index (χ1v) is 9.42. The maximum absolute atomic E-state index is 12.4. The molecule has 1 atom stereocenters. The molecule has 31 heavy (non-hydrogen) atoms. The van der Waals surface area contributed by atoms with E-state index in [1.54, 1.807) is 0 Å². The molecule has 1 saturated heterocycles. The smallest absolute Gasteiger partial charge is 0.410 e. The van der Waals surface area contributed by atoms with Gasteiger partial charge in [0.15, 0.2) is 0 Å². The lowest BCUT2D eigenvalue weighted by Crippen LogP contribution is -2.41. The van der Waals surface area contributed by atoms with Crippen molar-refractivity contribution in [2.75, 3.05) is 6.54 Å². The van der Waals surface area contributed by atoms with Crippen LogP contribution in [0.15, 0.2) is 48.5 Å². The lowest BCUT2D eigenvalue weighted by Gasteiger charge is -2.22. The van der Waals surface area contributed by atoms with Crippen LogP contribution in [-0.2, 0) is 27.5 Å². The van der Waals surface area contributed by atoms with Gasteiger partial charge < -0.3 is 9.47 Å². The summed E-state index contributed by atoms with van der Waals surface area (Å²) in [6.45, 7) is 0.188. The average Bonchev–Trinajstić information content (AvgIpc) is 3.26. The molecular formula is C20H19N3O8. The molecule has 1 fully saturated rings. The van der Waals surface area contributed by atoms with Crippen molar-refractivity contribution in [3.8, 4) is 0 Å². The molecule has 0 spiro atoms. The van der Waals surface area contributed by atoms with Crippen LogP contribution in [0.3, 0.4) is 0 Å². The van der Waals surface area contributed by atoms with E-state index in [4.69, 9.17) is 9.47 Å². The largest absolute Gasteiger partial charge is 0.459 e. The van der Waals surface area contributed by atoms with Crippen molar-refractivity contribution in [3.63, 3.8) is 0 Å². The van der Waals surface area contributed by atoms with Gasteiger partial charge in [-0.25, -0.2) is 9.59 Å². The number of hydrogen-bond acceptors (Lipinski definition) is 8. The molecule has 2 aromatic rings. The number of hydrogen-bond donors (Lipinski definition) is 0. The number of carbonyl (C=O) groups is 2. The number of non-ortho nitro benzene ring substituents is 2. The molecule has 0 bridgehead atoms. The summed E-state index contributed by atoms with van der Waals surface area (Å²) in [5.41, 5.74) is 1.04. The molecule has 2 aromatic carbocycles. The van der Waals surface area contributed by atoms with E-state index in [1.165, 1.54) is 53.4 Å². The number of rotatable bonds is 7. The molecule has 0 N–H and O–H groups in total. The lowest BCUT2D eigenvalue weighted by molar-refractivity contribution is -0.385. The second-order valence-electron chi connectivity index (χ2n) is 6.86. The number of carbonyl (C=O) groups excluding carboxylic acids is 2. The molecule has 1 unspecified atom stereocenters. The minimum absolute atomic E-state index is 0.0622. The first kappa shape index (κ1) is 21.7. The highest BCUT2D eigenvalue weighted by Crippen LogP contribution is 2.21. The van der Waals surface area contributed by atoms with Crippen LogP contribution in [0.1, 0.15) is 24.0 Å². The van der Waals surface area contributed by atoms with Crippen LogP contribution in [0.5, 0.6) is 0 Å². The van der Waals surface area contributed by atoms with E-state index in [9.17, 15) is 29.8 Å². The fourth-order valence-electron chi connectivity index (χ4n) is 3.14. The maximum Gasteiger partial charge on any atom is 0.410 e. The number of esters is 1. The molecule has 1 amide bonds. The van der Waals surface area contributed by atoms with Crippen LogP contribution in [-0.4, -0.2) is 39.4 Å². The highest BCUT2D eigenvalue weighted by atomic mass is 16.6. The number of amides is 1.